The fraction of sp³-hybridized carbons (Fsp3) is 0.556. The summed E-state index contributed by atoms with van der Waals surface area (Å²) in [5, 5.41) is 1.51. The van der Waals surface area contributed by atoms with E-state index in [0.29, 0.717) is 18.6 Å². The monoisotopic (exact) mass is 461 g/mol. The largest absolute Gasteiger partial charge is 0.463 e. The van der Waals surface area contributed by atoms with E-state index < -0.39 is 60.0 Å². The van der Waals surface area contributed by atoms with Crippen LogP contribution in [0.2, 0.25) is 0 Å². The number of carbonyl (C=O) groups excluding carboxylic acids is 2. The molecule has 0 spiro atoms. The Morgan fingerprint density at radius 3 is 2.32 bits per heavy atom. The molecule has 0 radical (unpaired) electrons. The molecule has 1 aliphatic heterocycles. The van der Waals surface area contributed by atoms with Gasteiger partial charge in [0.05, 0.1) is 0 Å². The lowest BCUT2D eigenvalue weighted by molar-refractivity contribution is -0.269. The first-order valence-corrected chi connectivity index (χ1v) is 9.15. The number of nitrogens with two attached hydrogens (primary N) is 1. The van der Waals surface area contributed by atoms with Crippen LogP contribution in [0.15, 0.2) is 12.1 Å². The Kier molecular flexibility index (Phi) is 7.50. The Labute approximate surface area is 171 Å². The van der Waals surface area contributed by atoms with Gasteiger partial charge in [0.15, 0.2) is 11.6 Å². The van der Waals surface area contributed by atoms with Crippen molar-refractivity contribution in [3.8, 4) is 0 Å². The minimum atomic E-state index is -6.05. The lowest BCUT2D eigenvalue weighted by Gasteiger charge is -2.27. The van der Waals surface area contributed by atoms with E-state index in [2.05, 4.69) is 0 Å². The van der Waals surface area contributed by atoms with E-state index in [4.69, 9.17) is 5.73 Å². The molecule has 2 atom stereocenters. The first-order chi connectivity index (χ1) is 14.2. The normalized spacial score (nSPS) is 18.2. The van der Waals surface area contributed by atoms with E-state index >= 15 is 0 Å². The number of hydrogen-bond donors (Lipinski definition) is 2. The lowest BCUT2D eigenvalue weighted by atomic mass is 10.0. The molecule has 31 heavy (non-hydrogen) atoms. The molecule has 1 aromatic carbocycles. The van der Waals surface area contributed by atoms with Gasteiger partial charge in [0, 0.05) is 37.7 Å². The average Bonchev–Trinajstić information content (AvgIpc) is 3.11. The maximum Gasteiger partial charge on any atom is 0.463 e. The third-order valence-corrected chi connectivity index (χ3v) is 4.85. The number of nitrogens with zero attached hydrogens (tertiary/aromatic N) is 1. The first kappa shape index (κ1) is 24.8. The number of hydrogen-bond acceptors (Lipinski definition) is 3. The van der Waals surface area contributed by atoms with Crippen molar-refractivity contribution < 1.29 is 44.7 Å². The molecule has 174 valence electrons. The summed E-state index contributed by atoms with van der Waals surface area (Å²) in [6, 6.07) is -0.871. The maximum absolute atomic E-state index is 13.7. The molecule has 0 aliphatic carbocycles. The van der Waals surface area contributed by atoms with Crippen LogP contribution in [0.3, 0.4) is 0 Å². The quantitative estimate of drug-likeness (QED) is 0.485. The van der Waals surface area contributed by atoms with Crippen LogP contribution in [0, 0.1) is 17.5 Å². The van der Waals surface area contributed by atoms with Gasteiger partial charge in [-0.3, -0.25) is 9.59 Å². The van der Waals surface area contributed by atoms with Crippen molar-refractivity contribution in [1.29, 1.82) is 0 Å². The molecule has 13 heteroatoms. The Morgan fingerprint density at radius 1 is 1.10 bits per heavy atom. The molecule has 3 N–H and O–H groups in total. The van der Waals surface area contributed by atoms with Gasteiger partial charge in [-0.15, -0.1) is 0 Å². The van der Waals surface area contributed by atoms with E-state index in [1.165, 1.54) is 10.2 Å². The van der Waals surface area contributed by atoms with Crippen LogP contribution in [-0.2, 0) is 16.0 Å². The van der Waals surface area contributed by atoms with Gasteiger partial charge in [-0.05, 0) is 30.9 Å². The predicted molar refractivity (Wildman–Crippen MR) is 91.4 cm³/mol. The number of alkyl halides is 5. The number of benzene rings is 1. The molecule has 0 aromatic heterocycles. The van der Waals surface area contributed by atoms with Gasteiger partial charge in [-0.25, -0.2) is 13.2 Å². The van der Waals surface area contributed by atoms with Crippen LogP contribution in [0.1, 0.15) is 24.8 Å². The standard InChI is InChI=1S/C18H19F8N3O2/c19-12-7-14(21)13(20)5-9(12)4-10(27)6-15(30)29-3-1-2-11(29)8-28-16(31)17(22,23)18(24,25)26/h5,7,10-11H,1-4,6,8,27H2,(H,28,31). The second-order valence-corrected chi connectivity index (χ2v) is 7.19. The molecule has 0 saturated carbocycles. The van der Waals surface area contributed by atoms with Gasteiger partial charge in [0.2, 0.25) is 5.91 Å². The predicted octanol–water partition coefficient (Wildman–Crippen LogP) is 2.67. The molecular weight excluding hydrogens is 442 g/mol. The average molecular weight is 461 g/mol. The van der Waals surface area contributed by atoms with Gasteiger partial charge in [-0.1, -0.05) is 0 Å². The van der Waals surface area contributed by atoms with Crippen LogP contribution < -0.4 is 11.1 Å². The number of rotatable bonds is 7. The number of likely N-dealkylation sites (tertiary alicyclic amines) is 1. The SMILES string of the molecule is NC(CC(=O)N1CCCC1CNC(=O)C(F)(F)C(F)(F)F)Cc1cc(F)c(F)cc1F. The van der Waals surface area contributed by atoms with E-state index in [1.54, 1.807) is 0 Å². The highest BCUT2D eigenvalue weighted by Gasteiger charge is 2.63. The molecule has 1 fully saturated rings. The third-order valence-electron chi connectivity index (χ3n) is 4.85. The molecule has 1 saturated heterocycles. The summed E-state index contributed by atoms with van der Waals surface area (Å²) in [6.45, 7) is -0.468. The summed E-state index contributed by atoms with van der Waals surface area (Å²) in [7, 11) is 0. The van der Waals surface area contributed by atoms with Crippen LogP contribution in [0.25, 0.3) is 0 Å². The molecule has 5 nitrogen and oxygen atoms in total. The van der Waals surface area contributed by atoms with Crippen molar-refractivity contribution in [2.75, 3.05) is 13.1 Å². The van der Waals surface area contributed by atoms with E-state index in [1.807, 2.05) is 0 Å². The summed E-state index contributed by atoms with van der Waals surface area (Å²) in [5.41, 5.74) is 5.53. The van der Waals surface area contributed by atoms with Crippen LogP contribution in [-0.4, -0.2) is 54.0 Å². The molecule has 1 heterocycles. The fourth-order valence-corrected chi connectivity index (χ4v) is 3.24. The Balaban J connectivity index is 1.94. The summed E-state index contributed by atoms with van der Waals surface area (Å²) in [6.07, 6.45) is -6.07. The number of carbonyl (C=O) groups is 2. The highest BCUT2D eigenvalue weighted by atomic mass is 19.4. The highest BCUT2D eigenvalue weighted by Crippen LogP contribution is 2.35. The zero-order valence-electron chi connectivity index (χ0n) is 15.9. The molecule has 1 aliphatic rings. The zero-order chi connectivity index (χ0) is 23.6. The van der Waals surface area contributed by atoms with Crippen molar-refractivity contribution in [2.45, 2.75) is 49.9 Å². The van der Waals surface area contributed by atoms with Gasteiger partial charge in [0.25, 0.3) is 5.91 Å². The van der Waals surface area contributed by atoms with E-state index in [9.17, 15) is 44.7 Å². The molecule has 2 amide bonds. The van der Waals surface area contributed by atoms with Crippen LogP contribution in [0.4, 0.5) is 35.1 Å². The Bertz CT molecular complexity index is 831. The smallest absolute Gasteiger partial charge is 0.348 e. The van der Waals surface area contributed by atoms with Crippen molar-refractivity contribution >= 4 is 11.8 Å². The summed E-state index contributed by atoms with van der Waals surface area (Å²) in [5.74, 6) is -12.4. The van der Waals surface area contributed by atoms with Crippen molar-refractivity contribution in [3.05, 3.63) is 35.1 Å². The highest BCUT2D eigenvalue weighted by molar-refractivity contribution is 5.84. The Morgan fingerprint density at radius 2 is 1.71 bits per heavy atom. The fourth-order valence-electron chi connectivity index (χ4n) is 3.24. The molecule has 0 bridgehead atoms. The summed E-state index contributed by atoms with van der Waals surface area (Å²) >= 11 is 0. The summed E-state index contributed by atoms with van der Waals surface area (Å²) < 4.78 is 103. The number of amides is 2. The number of nitrogens with one attached hydrogen (secondary N) is 1. The topological polar surface area (TPSA) is 75.4 Å². The third kappa shape index (κ3) is 5.83. The Hall–Kier alpha value is -2.44. The second-order valence-electron chi connectivity index (χ2n) is 7.19. The minimum Gasteiger partial charge on any atom is -0.348 e. The van der Waals surface area contributed by atoms with E-state index in [-0.39, 0.29) is 31.4 Å². The van der Waals surface area contributed by atoms with Gasteiger partial charge in [-0.2, -0.15) is 22.0 Å². The van der Waals surface area contributed by atoms with E-state index in [0.717, 1.165) is 0 Å². The van der Waals surface area contributed by atoms with Gasteiger partial charge >= 0.3 is 12.1 Å². The molecule has 2 unspecified atom stereocenters. The van der Waals surface area contributed by atoms with Gasteiger partial charge < -0.3 is 16.0 Å². The zero-order valence-corrected chi connectivity index (χ0v) is 15.9. The second kappa shape index (κ2) is 9.37. The molecule has 1 aromatic rings. The van der Waals surface area contributed by atoms with Crippen LogP contribution >= 0.6 is 0 Å². The van der Waals surface area contributed by atoms with Crippen molar-refractivity contribution in [1.82, 2.24) is 10.2 Å². The number of halogens is 8. The molecular formula is C18H19F8N3O2. The maximum atomic E-state index is 13.7. The molecule has 2 rings (SSSR count). The van der Waals surface area contributed by atoms with Crippen LogP contribution in [0.5, 0.6) is 0 Å². The van der Waals surface area contributed by atoms with Gasteiger partial charge in [0.1, 0.15) is 5.82 Å². The lowest BCUT2D eigenvalue weighted by Crippen LogP contribution is -2.53. The van der Waals surface area contributed by atoms with Crippen molar-refractivity contribution in [3.63, 3.8) is 0 Å². The summed E-state index contributed by atoms with van der Waals surface area (Å²) in [4.78, 5) is 24.8. The van der Waals surface area contributed by atoms with Crippen molar-refractivity contribution in [2.24, 2.45) is 5.73 Å². The minimum absolute atomic E-state index is 0.154. The first-order valence-electron chi connectivity index (χ1n) is 9.15.